The van der Waals surface area contributed by atoms with Gasteiger partial charge in [0.2, 0.25) is 0 Å². The third-order valence-corrected chi connectivity index (χ3v) is 4.91. The van der Waals surface area contributed by atoms with Gasteiger partial charge in [-0.1, -0.05) is 6.07 Å². The summed E-state index contributed by atoms with van der Waals surface area (Å²) in [6, 6.07) is 9.97. The molecule has 0 bridgehead atoms. The van der Waals surface area contributed by atoms with Crippen molar-refractivity contribution in [2.24, 2.45) is 0 Å². The maximum absolute atomic E-state index is 13.4. The molecule has 4 rings (SSSR count). The second-order valence-corrected chi connectivity index (χ2v) is 6.57. The van der Waals surface area contributed by atoms with Crippen LogP contribution in [0.2, 0.25) is 0 Å². The van der Waals surface area contributed by atoms with Crippen molar-refractivity contribution < 1.29 is 13.6 Å². The van der Waals surface area contributed by atoms with Crippen LogP contribution >= 0.6 is 11.3 Å². The molecule has 0 aliphatic rings. The SMILES string of the molecule is Cc1c(CNC(=O)c2cc(-c3cccs3)[nH]n2)oc2ccc(F)cc12. The Balaban J connectivity index is 1.50. The van der Waals surface area contributed by atoms with E-state index < -0.39 is 0 Å². The maximum Gasteiger partial charge on any atom is 0.272 e. The van der Waals surface area contributed by atoms with E-state index in [4.69, 9.17) is 4.42 Å². The fourth-order valence-electron chi connectivity index (χ4n) is 2.66. The molecule has 0 aliphatic heterocycles. The maximum atomic E-state index is 13.4. The molecule has 25 heavy (non-hydrogen) atoms. The van der Waals surface area contributed by atoms with Crippen molar-refractivity contribution in [3.8, 4) is 10.6 Å². The first-order valence-electron chi connectivity index (χ1n) is 7.67. The summed E-state index contributed by atoms with van der Waals surface area (Å²) in [5.74, 6) is -0.0160. The van der Waals surface area contributed by atoms with E-state index in [0.29, 0.717) is 22.4 Å². The van der Waals surface area contributed by atoms with Gasteiger partial charge in [0.15, 0.2) is 5.69 Å². The monoisotopic (exact) mass is 355 g/mol. The van der Waals surface area contributed by atoms with Crippen LogP contribution in [-0.4, -0.2) is 16.1 Å². The molecule has 7 heteroatoms. The van der Waals surface area contributed by atoms with Crippen molar-refractivity contribution in [2.75, 3.05) is 0 Å². The lowest BCUT2D eigenvalue weighted by Gasteiger charge is -2.01. The van der Waals surface area contributed by atoms with Gasteiger partial charge in [-0.15, -0.1) is 11.3 Å². The molecule has 3 heterocycles. The minimum absolute atomic E-state index is 0.210. The number of aryl methyl sites for hydroxylation is 1. The van der Waals surface area contributed by atoms with Crippen molar-refractivity contribution in [1.29, 1.82) is 0 Å². The van der Waals surface area contributed by atoms with Crippen LogP contribution < -0.4 is 5.32 Å². The summed E-state index contributed by atoms with van der Waals surface area (Å²) < 4.78 is 19.1. The van der Waals surface area contributed by atoms with Crippen LogP contribution in [0, 0.1) is 12.7 Å². The van der Waals surface area contributed by atoms with E-state index in [2.05, 4.69) is 15.5 Å². The first-order chi connectivity index (χ1) is 12.1. The zero-order valence-electron chi connectivity index (χ0n) is 13.3. The molecular formula is C18H14FN3O2S. The molecule has 3 aromatic heterocycles. The molecule has 0 fully saturated rings. The normalized spacial score (nSPS) is 11.1. The fraction of sp³-hybridized carbons (Fsp3) is 0.111. The van der Waals surface area contributed by atoms with Crippen molar-refractivity contribution in [1.82, 2.24) is 15.5 Å². The molecule has 0 aliphatic carbocycles. The number of benzene rings is 1. The number of nitrogens with zero attached hydrogens (tertiary/aromatic N) is 1. The van der Waals surface area contributed by atoms with Gasteiger partial charge in [0.25, 0.3) is 5.91 Å². The number of H-pyrrole nitrogens is 1. The van der Waals surface area contributed by atoms with Crippen LogP contribution in [0.3, 0.4) is 0 Å². The molecule has 0 radical (unpaired) electrons. The number of hydrogen-bond acceptors (Lipinski definition) is 4. The quantitative estimate of drug-likeness (QED) is 0.574. The topological polar surface area (TPSA) is 70.9 Å². The Morgan fingerprint density at radius 3 is 3.04 bits per heavy atom. The number of furan rings is 1. The summed E-state index contributed by atoms with van der Waals surface area (Å²) in [5.41, 5.74) is 2.53. The molecule has 0 saturated carbocycles. The van der Waals surface area contributed by atoms with E-state index in [0.717, 1.165) is 16.1 Å². The molecule has 1 amide bonds. The van der Waals surface area contributed by atoms with Crippen LogP contribution in [-0.2, 0) is 6.54 Å². The van der Waals surface area contributed by atoms with Gasteiger partial charge in [0, 0.05) is 10.9 Å². The van der Waals surface area contributed by atoms with Crippen LogP contribution in [0.25, 0.3) is 21.5 Å². The van der Waals surface area contributed by atoms with Gasteiger partial charge in [-0.3, -0.25) is 9.89 Å². The lowest BCUT2D eigenvalue weighted by atomic mass is 10.1. The first-order valence-corrected chi connectivity index (χ1v) is 8.55. The van der Waals surface area contributed by atoms with Gasteiger partial charge in [-0.25, -0.2) is 4.39 Å². The fourth-order valence-corrected chi connectivity index (χ4v) is 3.35. The van der Waals surface area contributed by atoms with Crippen molar-refractivity contribution in [3.63, 3.8) is 0 Å². The highest BCUT2D eigenvalue weighted by Crippen LogP contribution is 2.26. The Morgan fingerprint density at radius 1 is 1.36 bits per heavy atom. The average Bonchev–Trinajstić information content (AvgIpc) is 3.33. The summed E-state index contributed by atoms with van der Waals surface area (Å²) in [6.07, 6.45) is 0. The van der Waals surface area contributed by atoms with Crippen LogP contribution in [0.5, 0.6) is 0 Å². The van der Waals surface area contributed by atoms with Crippen LogP contribution in [0.4, 0.5) is 4.39 Å². The van der Waals surface area contributed by atoms with E-state index in [1.165, 1.54) is 12.1 Å². The summed E-state index contributed by atoms with van der Waals surface area (Å²) in [7, 11) is 0. The summed E-state index contributed by atoms with van der Waals surface area (Å²) >= 11 is 1.57. The Bertz CT molecular complexity index is 1050. The average molecular weight is 355 g/mol. The number of nitrogens with one attached hydrogen (secondary N) is 2. The van der Waals surface area contributed by atoms with Crippen molar-refractivity contribution >= 4 is 28.2 Å². The van der Waals surface area contributed by atoms with Gasteiger partial charge in [0.1, 0.15) is 17.2 Å². The van der Waals surface area contributed by atoms with Gasteiger partial charge >= 0.3 is 0 Å². The minimum Gasteiger partial charge on any atom is -0.459 e. The smallest absolute Gasteiger partial charge is 0.272 e. The van der Waals surface area contributed by atoms with Crippen LogP contribution in [0.1, 0.15) is 21.8 Å². The predicted octanol–water partition coefficient (Wildman–Crippen LogP) is 4.26. The predicted molar refractivity (Wildman–Crippen MR) is 94.0 cm³/mol. The van der Waals surface area contributed by atoms with Gasteiger partial charge in [-0.05, 0) is 42.6 Å². The van der Waals surface area contributed by atoms with E-state index in [1.54, 1.807) is 23.5 Å². The standard InChI is InChI=1S/C18H14FN3O2S/c1-10-12-7-11(19)4-5-15(12)24-16(10)9-20-18(23)14-8-13(21-22-14)17-3-2-6-25-17/h2-8H,9H2,1H3,(H,20,23)(H,21,22). The molecule has 0 unspecified atom stereocenters. The van der Waals surface area contributed by atoms with Gasteiger partial charge < -0.3 is 9.73 Å². The van der Waals surface area contributed by atoms with Crippen molar-refractivity contribution in [2.45, 2.75) is 13.5 Å². The molecule has 0 atom stereocenters. The number of fused-ring (bicyclic) bond motifs is 1. The van der Waals surface area contributed by atoms with E-state index in [1.807, 2.05) is 24.4 Å². The molecular weight excluding hydrogens is 341 g/mol. The van der Waals surface area contributed by atoms with E-state index >= 15 is 0 Å². The largest absolute Gasteiger partial charge is 0.459 e. The van der Waals surface area contributed by atoms with E-state index in [9.17, 15) is 9.18 Å². The third kappa shape index (κ3) is 2.94. The summed E-state index contributed by atoms with van der Waals surface area (Å²) in [6.45, 7) is 2.05. The van der Waals surface area contributed by atoms with Gasteiger partial charge in [0.05, 0.1) is 17.1 Å². The Labute approximate surface area is 146 Å². The number of carbonyl (C=O) groups is 1. The second-order valence-electron chi connectivity index (χ2n) is 5.62. The Kier molecular flexibility index (Phi) is 3.85. The second kappa shape index (κ2) is 6.18. The zero-order valence-corrected chi connectivity index (χ0v) is 14.1. The number of rotatable bonds is 4. The number of amides is 1. The summed E-state index contributed by atoms with van der Waals surface area (Å²) in [4.78, 5) is 13.3. The number of thiophene rings is 1. The molecule has 1 aromatic carbocycles. The number of hydrogen-bond donors (Lipinski definition) is 2. The number of aromatic amines is 1. The third-order valence-electron chi connectivity index (χ3n) is 4.00. The highest BCUT2D eigenvalue weighted by Gasteiger charge is 2.15. The lowest BCUT2D eigenvalue weighted by molar-refractivity contribution is 0.0943. The van der Waals surface area contributed by atoms with Crippen molar-refractivity contribution in [3.05, 3.63) is 64.6 Å². The Hall–Kier alpha value is -2.93. The molecule has 5 nitrogen and oxygen atoms in total. The molecule has 0 saturated heterocycles. The summed E-state index contributed by atoms with van der Waals surface area (Å²) in [5, 5.41) is 12.4. The highest BCUT2D eigenvalue weighted by molar-refractivity contribution is 7.13. The minimum atomic E-state index is -0.315. The first kappa shape index (κ1) is 15.6. The number of carbonyl (C=O) groups excluding carboxylic acids is 1. The Morgan fingerprint density at radius 2 is 2.24 bits per heavy atom. The molecule has 4 aromatic rings. The molecule has 2 N–H and O–H groups in total. The van der Waals surface area contributed by atoms with E-state index in [-0.39, 0.29) is 18.3 Å². The number of halogens is 1. The van der Waals surface area contributed by atoms with Crippen LogP contribution in [0.15, 0.2) is 46.2 Å². The van der Waals surface area contributed by atoms with Gasteiger partial charge in [-0.2, -0.15) is 5.10 Å². The lowest BCUT2D eigenvalue weighted by Crippen LogP contribution is -2.23. The zero-order chi connectivity index (χ0) is 17.4. The highest BCUT2D eigenvalue weighted by atomic mass is 32.1. The molecule has 0 spiro atoms. The molecule has 126 valence electrons. The number of aromatic nitrogens is 2.